The first kappa shape index (κ1) is 15.5. The van der Waals surface area contributed by atoms with E-state index in [0.717, 1.165) is 12.6 Å². The summed E-state index contributed by atoms with van der Waals surface area (Å²) in [6.45, 7) is 8.42. The molecule has 0 amide bonds. The van der Waals surface area contributed by atoms with Crippen LogP contribution in [0.15, 0.2) is 24.5 Å². The average molecular weight is 276 g/mol. The first-order valence-electron chi connectivity index (χ1n) is 8.53. The van der Waals surface area contributed by atoms with Crippen molar-refractivity contribution in [2.45, 2.75) is 65.0 Å². The van der Waals surface area contributed by atoms with Gasteiger partial charge in [-0.05, 0) is 12.5 Å². The van der Waals surface area contributed by atoms with E-state index in [-0.39, 0.29) is 0 Å². The molecule has 1 saturated heterocycles. The van der Waals surface area contributed by atoms with Crippen molar-refractivity contribution in [3.8, 4) is 0 Å². The molecule has 1 fully saturated rings. The van der Waals surface area contributed by atoms with Crippen molar-refractivity contribution >= 4 is 0 Å². The number of likely N-dealkylation sites (tertiary alicyclic amines) is 1. The Hall–Kier alpha value is -0.890. The topological polar surface area (TPSA) is 3.88 Å². The van der Waals surface area contributed by atoms with Gasteiger partial charge in [-0.15, -0.1) is 0 Å². The van der Waals surface area contributed by atoms with E-state index < -0.39 is 0 Å². The number of unbranched alkanes of at least 4 members (excludes halogenated alkanes) is 2. The third kappa shape index (κ3) is 3.60. The van der Waals surface area contributed by atoms with Gasteiger partial charge in [0.2, 0.25) is 0 Å². The Morgan fingerprint density at radius 2 is 2.05 bits per heavy atom. The summed E-state index contributed by atoms with van der Waals surface area (Å²) in [7, 11) is 2.47. The second-order valence-corrected chi connectivity index (χ2v) is 6.67. The molecule has 112 valence electrons. The number of quaternary nitrogens is 1. The normalized spacial score (nSPS) is 26.1. The van der Waals surface area contributed by atoms with Gasteiger partial charge in [0, 0.05) is 25.3 Å². The molecule has 2 rings (SSSR count). The number of rotatable bonds is 7. The van der Waals surface area contributed by atoms with Crippen LogP contribution in [-0.4, -0.2) is 24.6 Å². The highest BCUT2D eigenvalue weighted by Crippen LogP contribution is 2.37. The maximum absolute atomic E-state index is 2.47. The Balaban J connectivity index is 2.12. The summed E-state index contributed by atoms with van der Waals surface area (Å²) in [6.07, 6.45) is 12.6. The quantitative estimate of drug-likeness (QED) is 0.526. The van der Waals surface area contributed by atoms with Gasteiger partial charge in [0.05, 0.1) is 25.7 Å². The van der Waals surface area contributed by atoms with E-state index in [1.165, 1.54) is 56.1 Å². The van der Waals surface area contributed by atoms with E-state index >= 15 is 0 Å². The lowest BCUT2D eigenvalue weighted by molar-refractivity contribution is -0.927. The van der Waals surface area contributed by atoms with Gasteiger partial charge in [-0.3, -0.25) is 0 Å². The molecule has 2 heteroatoms. The second-order valence-electron chi connectivity index (χ2n) is 6.67. The molecule has 0 bridgehead atoms. The van der Waals surface area contributed by atoms with Crippen molar-refractivity contribution in [2.24, 2.45) is 0 Å². The number of hydrogen-bond acceptors (Lipinski definition) is 0. The molecule has 0 spiro atoms. The molecule has 0 aliphatic carbocycles. The molecule has 0 radical (unpaired) electrons. The highest BCUT2D eigenvalue weighted by atomic mass is 15.4. The fourth-order valence-electron chi connectivity index (χ4n) is 3.65. The van der Waals surface area contributed by atoms with Crippen LogP contribution in [0.25, 0.3) is 0 Å². The first-order valence-corrected chi connectivity index (χ1v) is 8.53. The van der Waals surface area contributed by atoms with Crippen molar-refractivity contribution < 1.29 is 9.05 Å². The Kier molecular flexibility index (Phi) is 5.59. The van der Waals surface area contributed by atoms with E-state index in [1.807, 2.05) is 0 Å². The van der Waals surface area contributed by atoms with Crippen LogP contribution in [0.5, 0.6) is 0 Å². The Bertz CT molecular complexity index is 416. The van der Waals surface area contributed by atoms with Crippen LogP contribution >= 0.6 is 0 Å². The first-order chi connectivity index (χ1) is 9.69. The third-order valence-electron chi connectivity index (χ3n) is 4.96. The van der Waals surface area contributed by atoms with Crippen LogP contribution in [0.3, 0.4) is 0 Å². The molecule has 0 aromatic carbocycles. The lowest BCUT2D eigenvalue weighted by Gasteiger charge is -2.36. The SMILES string of the molecule is CCCC[n+]1cccc(C2CCC[N+]2(C)CCCC)c1. The zero-order valence-corrected chi connectivity index (χ0v) is 13.6. The highest BCUT2D eigenvalue weighted by molar-refractivity contribution is 5.10. The molecule has 1 aromatic rings. The summed E-state index contributed by atoms with van der Waals surface area (Å²) in [5, 5.41) is 0. The van der Waals surface area contributed by atoms with E-state index in [2.05, 4.69) is 50.0 Å². The van der Waals surface area contributed by atoms with Crippen molar-refractivity contribution in [3.63, 3.8) is 0 Å². The smallest absolute Gasteiger partial charge is 0.177 e. The lowest BCUT2D eigenvalue weighted by Crippen LogP contribution is -2.44. The average Bonchev–Trinajstić information content (AvgIpc) is 2.85. The molecule has 2 nitrogen and oxygen atoms in total. The van der Waals surface area contributed by atoms with Gasteiger partial charge in [-0.25, -0.2) is 4.57 Å². The molecular weight excluding hydrogens is 244 g/mol. The molecular formula is C18H32N2+2. The largest absolute Gasteiger partial charge is 0.320 e. The van der Waals surface area contributed by atoms with Crippen molar-refractivity contribution in [2.75, 3.05) is 20.1 Å². The van der Waals surface area contributed by atoms with E-state index in [1.54, 1.807) is 5.56 Å². The zero-order valence-electron chi connectivity index (χ0n) is 13.6. The van der Waals surface area contributed by atoms with Crippen LogP contribution < -0.4 is 4.57 Å². The number of aryl methyl sites for hydroxylation is 1. The molecule has 20 heavy (non-hydrogen) atoms. The minimum atomic E-state index is 0.718. The highest BCUT2D eigenvalue weighted by Gasteiger charge is 2.39. The van der Waals surface area contributed by atoms with Crippen molar-refractivity contribution in [3.05, 3.63) is 30.1 Å². The minimum absolute atomic E-state index is 0.718. The number of hydrogen-bond donors (Lipinski definition) is 0. The second kappa shape index (κ2) is 7.21. The van der Waals surface area contributed by atoms with Gasteiger partial charge in [0.25, 0.3) is 0 Å². The molecule has 0 saturated carbocycles. The summed E-state index contributed by atoms with van der Waals surface area (Å²) in [6, 6.07) is 5.31. The monoisotopic (exact) mass is 276 g/mol. The fraction of sp³-hybridized carbons (Fsp3) is 0.722. The molecule has 2 heterocycles. The summed E-state index contributed by atoms with van der Waals surface area (Å²) in [5.74, 6) is 0. The predicted octanol–water partition coefficient (Wildman–Crippen LogP) is 3.86. The maximum Gasteiger partial charge on any atom is 0.177 e. The summed E-state index contributed by atoms with van der Waals surface area (Å²) in [4.78, 5) is 0. The molecule has 2 atom stereocenters. The molecule has 1 aromatic heterocycles. The lowest BCUT2D eigenvalue weighted by atomic mass is 10.0. The van der Waals surface area contributed by atoms with Gasteiger partial charge in [-0.1, -0.05) is 26.7 Å². The molecule has 0 N–H and O–H groups in total. The standard InChI is InChI=1S/C18H32N2/c1-4-6-12-19-13-8-10-17(16-19)18-11-9-15-20(18,3)14-7-5-2/h8,10,13,16,18H,4-7,9,11-12,14-15H2,1-3H3/q+2. The van der Waals surface area contributed by atoms with Crippen molar-refractivity contribution in [1.82, 2.24) is 0 Å². The number of aromatic nitrogens is 1. The van der Waals surface area contributed by atoms with Crippen LogP contribution in [-0.2, 0) is 6.54 Å². The molecule has 1 aliphatic heterocycles. The Morgan fingerprint density at radius 3 is 2.80 bits per heavy atom. The van der Waals surface area contributed by atoms with Crippen LogP contribution in [0, 0.1) is 0 Å². The van der Waals surface area contributed by atoms with E-state index in [0.29, 0.717) is 0 Å². The molecule has 1 aliphatic rings. The van der Waals surface area contributed by atoms with Crippen LogP contribution in [0.2, 0.25) is 0 Å². The van der Waals surface area contributed by atoms with Gasteiger partial charge in [0.1, 0.15) is 12.6 Å². The summed E-state index contributed by atoms with van der Waals surface area (Å²) >= 11 is 0. The predicted molar refractivity (Wildman–Crippen MR) is 84.3 cm³/mol. The maximum atomic E-state index is 2.47. The van der Waals surface area contributed by atoms with Crippen LogP contribution in [0.1, 0.15) is 64.0 Å². The van der Waals surface area contributed by atoms with Gasteiger partial charge in [-0.2, -0.15) is 0 Å². The molecule has 2 unspecified atom stereocenters. The third-order valence-corrected chi connectivity index (χ3v) is 4.96. The van der Waals surface area contributed by atoms with Gasteiger partial charge < -0.3 is 4.48 Å². The van der Waals surface area contributed by atoms with E-state index in [9.17, 15) is 0 Å². The number of pyridine rings is 1. The van der Waals surface area contributed by atoms with Crippen molar-refractivity contribution in [1.29, 1.82) is 0 Å². The minimum Gasteiger partial charge on any atom is -0.320 e. The summed E-state index contributed by atoms with van der Waals surface area (Å²) < 4.78 is 3.65. The van der Waals surface area contributed by atoms with Crippen LogP contribution in [0.4, 0.5) is 0 Å². The zero-order chi connectivity index (χ0) is 14.4. The Morgan fingerprint density at radius 1 is 1.25 bits per heavy atom. The fourth-order valence-corrected chi connectivity index (χ4v) is 3.65. The van der Waals surface area contributed by atoms with Gasteiger partial charge in [0.15, 0.2) is 12.4 Å². The Labute approximate surface area is 125 Å². The van der Waals surface area contributed by atoms with Gasteiger partial charge >= 0.3 is 0 Å². The van der Waals surface area contributed by atoms with E-state index in [4.69, 9.17) is 0 Å². The number of nitrogens with zero attached hydrogens (tertiary/aromatic N) is 2. The summed E-state index contributed by atoms with van der Waals surface area (Å²) in [5.41, 5.74) is 1.56.